The van der Waals surface area contributed by atoms with Crippen LogP contribution >= 0.6 is 0 Å². The Morgan fingerprint density at radius 1 is 1.06 bits per heavy atom. The third-order valence-corrected chi connectivity index (χ3v) is 3.67. The van der Waals surface area contributed by atoms with Gasteiger partial charge in [-0.15, -0.1) is 0 Å². The minimum atomic E-state index is 0.795. The molecule has 0 heterocycles. The number of hydrogen-bond donors (Lipinski definition) is 0. The monoisotopic (exact) mass is 216 g/mol. The first-order chi connectivity index (χ1) is 7.90. The van der Waals surface area contributed by atoms with Gasteiger partial charge in [0.15, 0.2) is 0 Å². The molecule has 0 aromatic heterocycles. The summed E-state index contributed by atoms with van der Waals surface area (Å²) >= 11 is 0. The lowest BCUT2D eigenvalue weighted by Crippen LogP contribution is -2.05. The molecule has 2 rings (SSSR count). The Morgan fingerprint density at radius 3 is 2.44 bits per heavy atom. The van der Waals surface area contributed by atoms with Crippen molar-refractivity contribution in [3.8, 4) is 0 Å². The second-order valence-corrected chi connectivity index (χ2v) is 4.88. The lowest BCUT2D eigenvalue weighted by molar-refractivity contribution is 0.112. The number of rotatable bonds is 3. The van der Waals surface area contributed by atoms with Crippen molar-refractivity contribution in [3.05, 3.63) is 35.4 Å². The van der Waals surface area contributed by atoms with E-state index in [2.05, 4.69) is 6.07 Å². The van der Waals surface area contributed by atoms with Gasteiger partial charge in [0.25, 0.3) is 0 Å². The van der Waals surface area contributed by atoms with Gasteiger partial charge in [0.1, 0.15) is 6.29 Å². The molecule has 1 nitrogen and oxygen atoms in total. The van der Waals surface area contributed by atoms with E-state index in [-0.39, 0.29) is 0 Å². The van der Waals surface area contributed by atoms with Gasteiger partial charge in [-0.1, -0.05) is 62.8 Å². The predicted molar refractivity (Wildman–Crippen MR) is 66.7 cm³/mol. The van der Waals surface area contributed by atoms with Crippen molar-refractivity contribution in [2.75, 3.05) is 0 Å². The van der Waals surface area contributed by atoms with E-state index in [0.29, 0.717) is 0 Å². The largest absolute Gasteiger partial charge is 0.298 e. The number of benzene rings is 1. The van der Waals surface area contributed by atoms with Crippen LogP contribution in [0.25, 0.3) is 0 Å². The minimum absolute atomic E-state index is 0.795. The molecule has 1 aliphatic rings. The van der Waals surface area contributed by atoms with Gasteiger partial charge < -0.3 is 0 Å². The SMILES string of the molecule is O=Cc1ccccc1CC1CCCCCC1. The maximum atomic E-state index is 10.9. The summed E-state index contributed by atoms with van der Waals surface area (Å²) in [6.45, 7) is 0. The lowest BCUT2D eigenvalue weighted by Gasteiger charge is -2.14. The van der Waals surface area contributed by atoms with Gasteiger partial charge in [0.05, 0.1) is 0 Å². The standard InChI is InChI=1S/C15H20O/c16-12-15-10-6-5-9-14(15)11-13-7-3-1-2-4-8-13/h5-6,9-10,12-13H,1-4,7-8,11H2. The second-order valence-electron chi connectivity index (χ2n) is 4.88. The van der Waals surface area contributed by atoms with Crippen molar-refractivity contribution >= 4 is 6.29 Å². The smallest absolute Gasteiger partial charge is 0.150 e. The Morgan fingerprint density at radius 2 is 1.75 bits per heavy atom. The van der Waals surface area contributed by atoms with E-state index in [9.17, 15) is 4.79 Å². The fourth-order valence-electron chi connectivity index (χ4n) is 2.71. The molecular formula is C15H20O. The Balaban J connectivity index is 2.04. The molecule has 1 fully saturated rings. The molecule has 0 N–H and O–H groups in total. The summed E-state index contributed by atoms with van der Waals surface area (Å²) in [7, 11) is 0. The average Bonchev–Trinajstić information content (AvgIpc) is 2.58. The maximum Gasteiger partial charge on any atom is 0.150 e. The van der Waals surface area contributed by atoms with Gasteiger partial charge in [-0.25, -0.2) is 0 Å². The highest BCUT2D eigenvalue weighted by atomic mass is 16.1. The van der Waals surface area contributed by atoms with E-state index in [4.69, 9.17) is 0 Å². The van der Waals surface area contributed by atoms with Crippen LogP contribution in [0.3, 0.4) is 0 Å². The molecule has 0 saturated heterocycles. The normalized spacial score (nSPS) is 18.0. The fourth-order valence-corrected chi connectivity index (χ4v) is 2.71. The van der Waals surface area contributed by atoms with E-state index < -0.39 is 0 Å². The molecule has 0 bridgehead atoms. The summed E-state index contributed by atoms with van der Waals surface area (Å²) in [4.78, 5) is 10.9. The third-order valence-electron chi connectivity index (χ3n) is 3.67. The highest BCUT2D eigenvalue weighted by Crippen LogP contribution is 2.26. The molecule has 1 aromatic carbocycles. The Bertz CT molecular complexity index is 335. The van der Waals surface area contributed by atoms with Crippen LogP contribution < -0.4 is 0 Å². The van der Waals surface area contributed by atoms with Crippen LogP contribution in [0.4, 0.5) is 0 Å². The predicted octanol–water partition coefficient (Wildman–Crippen LogP) is 4.01. The van der Waals surface area contributed by atoms with Gasteiger partial charge >= 0.3 is 0 Å². The maximum absolute atomic E-state index is 10.9. The van der Waals surface area contributed by atoms with Crippen molar-refractivity contribution in [2.24, 2.45) is 5.92 Å². The van der Waals surface area contributed by atoms with E-state index >= 15 is 0 Å². The summed E-state index contributed by atoms with van der Waals surface area (Å²) in [6.07, 6.45) is 10.3. The average molecular weight is 216 g/mol. The summed E-state index contributed by atoms with van der Waals surface area (Å²) in [5.41, 5.74) is 2.12. The van der Waals surface area contributed by atoms with Crippen LogP contribution in [0.1, 0.15) is 54.4 Å². The van der Waals surface area contributed by atoms with Crippen molar-refractivity contribution in [2.45, 2.75) is 44.9 Å². The van der Waals surface area contributed by atoms with Crippen LogP contribution in [0.2, 0.25) is 0 Å². The van der Waals surface area contributed by atoms with Crippen molar-refractivity contribution in [1.82, 2.24) is 0 Å². The third kappa shape index (κ3) is 2.94. The minimum Gasteiger partial charge on any atom is -0.298 e. The van der Waals surface area contributed by atoms with E-state index in [1.54, 1.807) is 0 Å². The van der Waals surface area contributed by atoms with E-state index in [1.807, 2.05) is 18.2 Å². The highest BCUT2D eigenvalue weighted by molar-refractivity contribution is 5.77. The molecule has 1 aromatic rings. The molecule has 1 aliphatic carbocycles. The zero-order valence-electron chi connectivity index (χ0n) is 9.82. The quantitative estimate of drug-likeness (QED) is 0.551. The summed E-state index contributed by atoms with van der Waals surface area (Å²) in [5, 5.41) is 0. The van der Waals surface area contributed by atoms with Gasteiger partial charge in [0, 0.05) is 5.56 Å². The molecule has 0 radical (unpaired) electrons. The Kier molecular flexibility index (Phi) is 4.15. The zero-order chi connectivity index (χ0) is 11.2. The highest BCUT2D eigenvalue weighted by Gasteiger charge is 2.14. The topological polar surface area (TPSA) is 17.1 Å². The molecule has 0 unspecified atom stereocenters. The molecule has 0 atom stereocenters. The molecule has 16 heavy (non-hydrogen) atoms. The molecule has 1 heteroatoms. The molecular weight excluding hydrogens is 196 g/mol. The van der Waals surface area contributed by atoms with E-state index in [0.717, 1.165) is 24.2 Å². The van der Waals surface area contributed by atoms with Gasteiger partial charge in [-0.2, -0.15) is 0 Å². The first-order valence-electron chi connectivity index (χ1n) is 6.43. The number of carbonyl (C=O) groups is 1. The van der Waals surface area contributed by atoms with Crippen LogP contribution in [0, 0.1) is 5.92 Å². The first-order valence-corrected chi connectivity index (χ1v) is 6.43. The van der Waals surface area contributed by atoms with Crippen LogP contribution in [-0.2, 0) is 6.42 Å². The summed E-state index contributed by atoms with van der Waals surface area (Å²) in [6, 6.07) is 8.02. The van der Waals surface area contributed by atoms with Crippen molar-refractivity contribution < 1.29 is 4.79 Å². The molecule has 0 amide bonds. The van der Waals surface area contributed by atoms with Crippen molar-refractivity contribution in [1.29, 1.82) is 0 Å². The number of hydrogen-bond acceptors (Lipinski definition) is 1. The fraction of sp³-hybridized carbons (Fsp3) is 0.533. The van der Waals surface area contributed by atoms with Gasteiger partial charge in [0.2, 0.25) is 0 Å². The summed E-state index contributed by atoms with van der Waals surface area (Å²) < 4.78 is 0. The number of carbonyl (C=O) groups excluding carboxylic acids is 1. The Hall–Kier alpha value is -1.11. The zero-order valence-corrected chi connectivity index (χ0v) is 9.82. The molecule has 0 spiro atoms. The molecule has 1 saturated carbocycles. The van der Waals surface area contributed by atoms with Crippen LogP contribution in [0.5, 0.6) is 0 Å². The van der Waals surface area contributed by atoms with Crippen LogP contribution in [-0.4, -0.2) is 6.29 Å². The second kappa shape index (κ2) is 5.83. The van der Waals surface area contributed by atoms with Crippen LogP contribution in [0.15, 0.2) is 24.3 Å². The summed E-state index contributed by atoms with van der Waals surface area (Å²) in [5.74, 6) is 0.795. The molecule has 86 valence electrons. The van der Waals surface area contributed by atoms with Gasteiger partial charge in [-0.05, 0) is 17.9 Å². The lowest BCUT2D eigenvalue weighted by atomic mass is 9.90. The number of aldehydes is 1. The van der Waals surface area contributed by atoms with Crippen molar-refractivity contribution in [3.63, 3.8) is 0 Å². The Labute approximate surface area is 97.9 Å². The van der Waals surface area contributed by atoms with Gasteiger partial charge in [-0.3, -0.25) is 4.79 Å². The van der Waals surface area contributed by atoms with E-state index in [1.165, 1.54) is 44.1 Å². The first kappa shape index (κ1) is 11.4. The molecule has 0 aliphatic heterocycles.